The fourth-order valence-corrected chi connectivity index (χ4v) is 2.99. The Bertz CT molecular complexity index is 836. The molecular weight excluding hydrogens is 358 g/mol. The van der Waals surface area contributed by atoms with Crippen LogP contribution >= 0.6 is 0 Å². The maximum Gasteiger partial charge on any atom is 0.266 e. The Balaban J connectivity index is 1.81. The van der Waals surface area contributed by atoms with Crippen molar-refractivity contribution in [2.45, 2.75) is 18.9 Å². The molecule has 3 N–H and O–H groups in total. The van der Waals surface area contributed by atoms with Crippen molar-refractivity contribution in [3.63, 3.8) is 0 Å². The molecule has 1 aromatic rings. The predicted molar refractivity (Wildman–Crippen MR) is 88.7 cm³/mol. The van der Waals surface area contributed by atoms with Crippen LogP contribution in [-0.4, -0.2) is 65.3 Å². The number of carbonyl (C=O) groups is 5. The third kappa shape index (κ3) is 3.51. The third-order valence-corrected chi connectivity index (χ3v) is 4.22. The second-order valence-electron chi connectivity index (χ2n) is 5.99. The summed E-state index contributed by atoms with van der Waals surface area (Å²) in [5, 5.41) is 13.2. The van der Waals surface area contributed by atoms with E-state index in [1.54, 1.807) is 0 Å². The highest BCUT2D eigenvalue weighted by atomic mass is 16.5. The van der Waals surface area contributed by atoms with Gasteiger partial charge in [0, 0.05) is 13.0 Å². The summed E-state index contributed by atoms with van der Waals surface area (Å²) in [5.41, 5.74) is 0.0418. The molecule has 1 fully saturated rings. The first-order chi connectivity index (χ1) is 12.9. The number of aliphatic hydroxyl groups excluding tert-OH is 1. The van der Waals surface area contributed by atoms with Gasteiger partial charge in [0.25, 0.3) is 17.7 Å². The van der Waals surface area contributed by atoms with Crippen molar-refractivity contribution in [2.75, 3.05) is 19.8 Å². The molecule has 2 heterocycles. The molecule has 1 atom stereocenters. The van der Waals surface area contributed by atoms with Gasteiger partial charge in [0.05, 0.1) is 17.7 Å². The average molecular weight is 375 g/mol. The van der Waals surface area contributed by atoms with Gasteiger partial charge in [-0.15, -0.1) is 0 Å². The van der Waals surface area contributed by atoms with Crippen molar-refractivity contribution in [1.82, 2.24) is 15.5 Å². The lowest BCUT2D eigenvalue weighted by Crippen LogP contribution is -2.54. The monoisotopic (exact) mass is 375 g/mol. The van der Waals surface area contributed by atoms with E-state index in [1.807, 2.05) is 0 Å². The quantitative estimate of drug-likeness (QED) is 0.518. The van der Waals surface area contributed by atoms with Crippen molar-refractivity contribution in [3.8, 4) is 5.75 Å². The Morgan fingerprint density at radius 3 is 2.74 bits per heavy atom. The highest BCUT2D eigenvalue weighted by Gasteiger charge is 2.46. The smallest absolute Gasteiger partial charge is 0.266 e. The molecule has 27 heavy (non-hydrogen) atoms. The van der Waals surface area contributed by atoms with E-state index in [4.69, 9.17) is 9.84 Å². The minimum Gasteiger partial charge on any atom is -0.483 e. The van der Waals surface area contributed by atoms with E-state index in [1.165, 1.54) is 18.2 Å². The van der Waals surface area contributed by atoms with E-state index in [0.29, 0.717) is 0 Å². The molecule has 10 nitrogen and oxygen atoms in total. The molecule has 1 unspecified atom stereocenters. The van der Waals surface area contributed by atoms with Crippen LogP contribution in [0.15, 0.2) is 18.2 Å². The van der Waals surface area contributed by atoms with Gasteiger partial charge < -0.3 is 15.2 Å². The van der Waals surface area contributed by atoms with Crippen molar-refractivity contribution < 1.29 is 33.8 Å². The fraction of sp³-hybridized carbons (Fsp3) is 0.353. The normalized spacial score (nSPS) is 19.0. The van der Waals surface area contributed by atoms with Gasteiger partial charge in [-0.05, 0) is 18.6 Å². The van der Waals surface area contributed by atoms with E-state index in [0.717, 1.165) is 4.90 Å². The number of fused-ring (bicyclic) bond motifs is 1. The number of ether oxygens (including phenoxy) is 1. The second-order valence-corrected chi connectivity index (χ2v) is 5.99. The van der Waals surface area contributed by atoms with E-state index >= 15 is 0 Å². The third-order valence-electron chi connectivity index (χ3n) is 4.22. The summed E-state index contributed by atoms with van der Waals surface area (Å²) in [6.07, 6.45) is 0.0775. The van der Waals surface area contributed by atoms with Crippen LogP contribution in [0.3, 0.4) is 0 Å². The highest BCUT2D eigenvalue weighted by molar-refractivity contribution is 6.24. The van der Waals surface area contributed by atoms with E-state index in [9.17, 15) is 24.0 Å². The van der Waals surface area contributed by atoms with E-state index < -0.39 is 42.2 Å². The van der Waals surface area contributed by atoms with Crippen LogP contribution < -0.4 is 15.4 Å². The number of hydrogen-bond donors (Lipinski definition) is 3. The van der Waals surface area contributed by atoms with Gasteiger partial charge in [-0.3, -0.25) is 34.2 Å². The number of benzene rings is 1. The van der Waals surface area contributed by atoms with Gasteiger partial charge in [0.15, 0.2) is 6.61 Å². The number of imide groups is 2. The second kappa shape index (κ2) is 7.54. The summed E-state index contributed by atoms with van der Waals surface area (Å²) >= 11 is 0. The molecule has 0 bridgehead atoms. The van der Waals surface area contributed by atoms with Crippen LogP contribution in [0, 0.1) is 0 Å². The van der Waals surface area contributed by atoms with Gasteiger partial charge in [0.1, 0.15) is 11.8 Å². The molecular formula is C17H17N3O7. The topological polar surface area (TPSA) is 142 Å². The maximum atomic E-state index is 12.8. The lowest BCUT2D eigenvalue weighted by atomic mass is 10.0. The van der Waals surface area contributed by atoms with Crippen molar-refractivity contribution in [1.29, 1.82) is 0 Å². The number of rotatable bonds is 6. The van der Waals surface area contributed by atoms with Crippen molar-refractivity contribution >= 4 is 29.5 Å². The summed E-state index contributed by atoms with van der Waals surface area (Å²) in [7, 11) is 0. The van der Waals surface area contributed by atoms with Crippen LogP contribution in [0.4, 0.5) is 0 Å². The van der Waals surface area contributed by atoms with Gasteiger partial charge >= 0.3 is 0 Å². The molecule has 0 aliphatic carbocycles. The van der Waals surface area contributed by atoms with E-state index in [2.05, 4.69) is 10.6 Å². The lowest BCUT2D eigenvalue weighted by Gasteiger charge is -2.27. The number of nitrogens with one attached hydrogen (secondary N) is 2. The lowest BCUT2D eigenvalue weighted by molar-refractivity contribution is -0.136. The van der Waals surface area contributed by atoms with Crippen LogP contribution in [0.25, 0.3) is 0 Å². The Morgan fingerprint density at radius 2 is 2.04 bits per heavy atom. The molecule has 10 heteroatoms. The number of amides is 5. The van der Waals surface area contributed by atoms with Crippen LogP contribution in [0.1, 0.15) is 33.6 Å². The zero-order valence-corrected chi connectivity index (χ0v) is 14.2. The molecule has 1 saturated heterocycles. The number of aliphatic hydroxyl groups is 1. The van der Waals surface area contributed by atoms with Gasteiger partial charge in [-0.25, -0.2) is 0 Å². The minimum absolute atomic E-state index is 0.0258. The van der Waals surface area contributed by atoms with Crippen molar-refractivity contribution in [3.05, 3.63) is 29.3 Å². The molecule has 0 saturated carbocycles. The van der Waals surface area contributed by atoms with E-state index in [-0.39, 0.29) is 42.9 Å². The zero-order valence-electron chi connectivity index (χ0n) is 14.2. The summed E-state index contributed by atoms with van der Waals surface area (Å²) in [6, 6.07) is 3.30. The molecule has 1 aromatic carbocycles. The van der Waals surface area contributed by atoms with Crippen LogP contribution in [0.5, 0.6) is 5.75 Å². The largest absolute Gasteiger partial charge is 0.483 e. The molecule has 2 aliphatic rings. The van der Waals surface area contributed by atoms with Gasteiger partial charge in [-0.1, -0.05) is 6.07 Å². The van der Waals surface area contributed by atoms with Crippen molar-refractivity contribution in [2.24, 2.45) is 0 Å². The molecule has 0 aromatic heterocycles. The minimum atomic E-state index is -1.07. The number of piperidine rings is 1. The fourth-order valence-electron chi connectivity index (χ4n) is 2.99. The maximum absolute atomic E-state index is 12.8. The zero-order chi connectivity index (χ0) is 19.6. The standard InChI is InChI=1S/C17H17N3O7/c21-7-6-18-13(23)8-27-11-3-1-2-9-14(11)17(26)20(16(9)25)10-4-5-12(22)19-15(10)24/h1-3,10,21H,4-8H2,(H,18,23)(H,19,22,24). The molecule has 0 spiro atoms. The first-order valence-corrected chi connectivity index (χ1v) is 8.29. The molecule has 5 amide bonds. The molecule has 3 rings (SSSR count). The Morgan fingerprint density at radius 1 is 1.26 bits per heavy atom. The molecule has 2 aliphatic heterocycles. The summed E-state index contributed by atoms with van der Waals surface area (Å²) in [5.74, 6) is -2.98. The summed E-state index contributed by atoms with van der Waals surface area (Å²) in [6.45, 7) is -0.563. The van der Waals surface area contributed by atoms with Crippen LogP contribution in [0.2, 0.25) is 0 Å². The first kappa shape index (κ1) is 18.5. The number of carbonyl (C=O) groups excluding carboxylic acids is 5. The summed E-state index contributed by atoms with van der Waals surface area (Å²) in [4.78, 5) is 61.2. The Kier molecular flexibility index (Phi) is 5.17. The van der Waals surface area contributed by atoms with Gasteiger partial charge in [0.2, 0.25) is 11.8 Å². The number of nitrogens with zero attached hydrogens (tertiary/aromatic N) is 1. The summed E-state index contributed by atoms with van der Waals surface area (Å²) < 4.78 is 5.36. The SMILES string of the molecule is O=C(COc1cccc2c1C(=O)N(C1CCC(=O)NC1=O)C2=O)NCCO. The first-order valence-electron chi connectivity index (χ1n) is 8.29. The predicted octanol–water partition coefficient (Wildman–Crippen LogP) is -1.42. The Labute approximate surface area is 153 Å². The highest BCUT2D eigenvalue weighted by Crippen LogP contribution is 2.33. The Hall–Kier alpha value is -3.27. The van der Waals surface area contributed by atoms with Crippen LogP contribution in [-0.2, 0) is 14.4 Å². The molecule has 0 radical (unpaired) electrons. The number of hydrogen-bond acceptors (Lipinski definition) is 7. The molecule has 142 valence electrons. The average Bonchev–Trinajstić information content (AvgIpc) is 2.90. The van der Waals surface area contributed by atoms with Gasteiger partial charge in [-0.2, -0.15) is 0 Å².